The summed E-state index contributed by atoms with van der Waals surface area (Å²) in [5.74, 6) is 0.355. The van der Waals surface area contributed by atoms with Gasteiger partial charge in [-0.25, -0.2) is 0 Å². The van der Waals surface area contributed by atoms with Crippen molar-refractivity contribution >= 4 is 5.91 Å². The lowest BCUT2D eigenvalue weighted by Gasteiger charge is -2.39. The van der Waals surface area contributed by atoms with Crippen LogP contribution in [0, 0.1) is 0 Å². The molecule has 1 unspecified atom stereocenters. The lowest BCUT2D eigenvalue weighted by Crippen LogP contribution is -2.50. The zero-order valence-corrected chi connectivity index (χ0v) is 16.1. The van der Waals surface area contributed by atoms with Crippen LogP contribution in [0.15, 0.2) is 60.7 Å². The van der Waals surface area contributed by atoms with E-state index < -0.39 is 24.9 Å². The Labute approximate surface area is 168 Å². The van der Waals surface area contributed by atoms with Gasteiger partial charge in [-0.1, -0.05) is 48.5 Å². The zero-order valence-electron chi connectivity index (χ0n) is 16.1. The van der Waals surface area contributed by atoms with Crippen molar-refractivity contribution < 1.29 is 22.7 Å². The number of alkyl halides is 3. The lowest BCUT2D eigenvalue weighted by molar-refractivity contribution is -0.150. The molecule has 0 radical (unpaired) electrons. The minimum Gasteiger partial charge on any atom is -0.492 e. The van der Waals surface area contributed by atoms with Crippen LogP contribution in [0.1, 0.15) is 24.4 Å². The first-order valence-electron chi connectivity index (χ1n) is 9.74. The van der Waals surface area contributed by atoms with Crippen molar-refractivity contribution in [1.82, 2.24) is 9.80 Å². The summed E-state index contributed by atoms with van der Waals surface area (Å²) < 4.78 is 43.1. The molecular weight excluding hydrogens is 381 g/mol. The van der Waals surface area contributed by atoms with Gasteiger partial charge >= 0.3 is 6.18 Å². The van der Waals surface area contributed by atoms with E-state index in [1.807, 2.05) is 60.7 Å². The maximum atomic E-state index is 12.4. The molecule has 0 saturated carbocycles. The molecule has 7 heteroatoms. The summed E-state index contributed by atoms with van der Waals surface area (Å²) in [7, 11) is 0. The molecular formula is C22H25F3N2O2. The second-order valence-corrected chi connectivity index (χ2v) is 7.08. The van der Waals surface area contributed by atoms with E-state index in [2.05, 4.69) is 4.90 Å². The molecule has 1 heterocycles. The van der Waals surface area contributed by atoms with Crippen molar-refractivity contribution in [2.45, 2.75) is 25.1 Å². The summed E-state index contributed by atoms with van der Waals surface area (Å²) in [6, 6.07) is 19.5. The van der Waals surface area contributed by atoms with Crippen LogP contribution in [0.25, 0.3) is 0 Å². The quantitative estimate of drug-likeness (QED) is 0.688. The Bertz CT molecular complexity index is 761. The van der Waals surface area contributed by atoms with Crippen LogP contribution in [0.5, 0.6) is 5.75 Å². The number of carbonyl (C=O) groups excluding carboxylic acids is 1. The van der Waals surface area contributed by atoms with Crippen LogP contribution in [0.4, 0.5) is 13.2 Å². The van der Waals surface area contributed by atoms with E-state index in [1.54, 1.807) is 0 Å². The minimum absolute atomic E-state index is 0.00355. The highest BCUT2D eigenvalue weighted by molar-refractivity contribution is 5.76. The van der Waals surface area contributed by atoms with Crippen LogP contribution in [0.2, 0.25) is 0 Å². The van der Waals surface area contributed by atoms with E-state index in [9.17, 15) is 18.0 Å². The highest BCUT2D eigenvalue weighted by Crippen LogP contribution is 2.25. The predicted molar refractivity (Wildman–Crippen MR) is 105 cm³/mol. The molecule has 29 heavy (non-hydrogen) atoms. The fourth-order valence-corrected chi connectivity index (χ4v) is 3.47. The van der Waals surface area contributed by atoms with Crippen molar-refractivity contribution in [3.8, 4) is 5.75 Å². The topological polar surface area (TPSA) is 32.8 Å². The first-order valence-corrected chi connectivity index (χ1v) is 9.74. The van der Waals surface area contributed by atoms with E-state index in [0.29, 0.717) is 32.8 Å². The largest absolute Gasteiger partial charge is 0.492 e. The standard InChI is InChI=1S/C22H25F3N2O2/c23-22(24,25)12-11-21(28)27-15-13-26(14-16-27)20(18-7-3-1-4-8-18)17-29-19-9-5-2-6-10-19/h1-10,20H,11-17H2. The van der Waals surface area contributed by atoms with Crippen LogP contribution >= 0.6 is 0 Å². The van der Waals surface area contributed by atoms with Crippen molar-refractivity contribution in [3.05, 3.63) is 66.2 Å². The molecule has 0 aliphatic carbocycles. The first-order chi connectivity index (χ1) is 13.9. The number of amides is 1. The molecule has 0 spiro atoms. The number of hydrogen-bond donors (Lipinski definition) is 0. The number of nitrogens with zero attached hydrogens (tertiary/aromatic N) is 2. The van der Waals surface area contributed by atoms with Gasteiger partial charge in [-0.3, -0.25) is 9.69 Å². The van der Waals surface area contributed by atoms with Crippen molar-refractivity contribution in [3.63, 3.8) is 0 Å². The monoisotopic (exact) mass is 406 g/mol. The third kappa shape index (κ3) is 6.49. The van der Waals surface area contributed by atoms with Crippen molar-refractivity contribution in [2.24, 2.45) is 0 Å². The molecule has 156 valence electrons. The molecule has 1 fully saturated rings. The van der Waals surface area contributed by atoms with Gasteiger partial charge in [0, 0.05) is 32.6 Å². The number of carbonyl (C=O) groups is 1. The Hall–Kier alpha value is -2.54. The summed E-state index contributed by atoms with van der Waals surface area (Å²) >= 11 is 0. The van der Waals surface area contributed by atoms with Gasteiger partial charge in [-0.2, -0.15) is 13.2 Å². The van der Waals surface area contributed by atoms with Gasteiger partial charge in [-0.05, 0) is 17.7 Å². The fourth-order valence-electron chi connectivity index (χ4n) is 3.47. The number of ether oxygens (including phenoxy) is 1. The van der Waals surface area contributed by atoms with Gasteiger partial charge in [-0.15, -0.1) is 0 Å². The highest BCUT2D eigenvalue weighted by atomic mass is 19.4. The van der Waals surface area contributed by atoms with E-state index in [1.165, 1.54) is 4.90 Å². The van der Waals surface area contributed by atoms with Gasteiger partial charge in [0.25, 0.3) is 0 Å². The number of benzene rings is 2. The fraction of sp³-hybridized carbons (Fsp3) is 0.409. The Morgan fingerprint density at radius 2 is 1.52 bits per heavy atom. The average molecular weight is 406 g/mol. The van der Waals surface area contributed by atoms with Crippen molar-refractivity contribution in [1.29, 1.82) is 0 Å². The average Bonchev–Trinajstić information content (AvgIpc) is 2.74. The molecule has 2 aromatic rings. The highest BCUT2D eigenvalue weighted by Gasteiger charge is 2.31. The molecule has 3 rings (SSSR count). The summed E-state index contributed by atoms with van der Waals surface area (Å²) in [5, 5.41) is 0. The number of para-hydroxylation sites is 1. The number of hydrogen-bond acceptors (Lipinski definition) is 3. The molecule has 1 aliphatic heterocycles. The summed E-state index contributed by atoms with van der Waals surface area (Å²) in [4.78, 5) is 15.8. The minimum atomic E-state index is -4.30. The van der Waals surface area contributed by atoms with Crippen LogP contribution < -0.4 is 4.74 Å². The Kier molecular flexibility index (Phi) is 7.14. The van der Waals surface area contributed by atoms with Crippen LogP contribution in [-0.4, -0.2) is 54.7 Å². The second-order valence-electron chi connectivity index (χ2n) is 7.08. The van der Waals surface area contributed by atoms with Crippen molar-refractivity contribution in [2.75, 3.05) is 32.8 Å². The van der Waals surface area contributed by atoms with E-state index in [-0.39, 0.29) is 6.04 Å². The smallest absolute Gasteiger partial charge is 0.389 e. The van der Waals surface area contributed by atoms with Gasteiger partial charge in [0.2, 0.25) is 5.91 Å². The molecule has 1 atom stereocenters. The summed E-state index contributed by atoms with van der Waals surface area (Å²) in [6.45, 7) is 2.48. The van der Waals surface area contributed by atoms with E-state index in [4.69, 9.17) is 4.74 Å². The van der Waals surface area contributed by atoms with Crippen LogP contribution in [-0.2, 0) is 4.79 Å². The molecule has 4 nitrogen and oxygen atoms in total. The number of halogens is 3. The molecule has 0 N–H and O–H groups in total. The predicted octanol–water partition coefficient (Wildman–Crippen LogP) is 4.29. The van der Waals surface area contributed by atoms with Gasteiger partial charge in [0.15, 0.2) is 0 Å². The Morgan fingerprint density at radius 3 is 2.10 bits per heavy atom. The SMILES string of the molecule is O=C(CCC(F)(F)F)N1CCN(C(COc2ccccc2)c2ccccc2)CC1. The lowest BCUT2D eigenvalue weighted by atomic mass is 10.0. The molecule has 1 aliphatic rings. The van der Waals surface area contributed by atoms with E-state index in [0.717, 1.165) is 11.3 Å². The molecule has 0 aromatic heterocycles. The van der Waals surface area contributed by atoms with E-state index >= 15 is 0 Å². The third-order valence-corrected chi connectivity index (χ3v) is 5.07. The van der Waals surface area contributed by atoms with Gasteiger partial charge in [0.05, 0.1) is 12.5 Å². The Balaban J connectivity index is 1.60. The summed E-state index contributed by atoms with van der Waals surface area (Å²) in [5.41, 5.74) is 1.11. The van der Waals surface area contributed by atoms with Crippen LogP contribution in [0.3, 0.4) is 0 Å². The first kappa shape index (κ1) is 21.2. The number of piperazine rings is 1. The molecule has 1 saturated heterocycles. The summed E-state index contributed by atoms with van der Waals surface area (Å²) in [6.07, 6.45) is -5.85. The molecule has 1 amide bonds. The third-order valence-electron chi connectivity index (χ3n) is 5.07. The molecule has 2 aromatic carbocycles. The normalized spacial score (nSPS) is 16.4. The number of rotatable bonds is 7. The Morgan fingerprint density at radius 1 is 0.931 bits per heavy atom. The van der Waals surface area contributed by atoms with Gasteiger partial charge in [0.1, 0.15) is 12.4 Å². The maximum absolute atomic E-state index is 12.4. The van der Waals surface area contributed by atoms with Gasteiger partial charge < -0.3 is 9.64 Å². The maximum Gasteiger partial charge on any atom is 0.389 e. The second kappa shape index (κ2) is 9.78. The molecule has 0 bridgehead atoms. The zero-order chi connectivity index (χ0) is 20.7.